The van der Waals surface area contributed by atoms with Crippen molar-refractivity contribution in [3.63, 3.8) is 0 Å². The van der Waals surface area contributed by atoms with Crippen LogP contribution in [-0.4, -0.2) is 7.05 Å². The minimum Gasteiger partial charge on any atom is -0.466 e. The monoisotopic (exact) mass is 249 g/mol. The fraction of sp³-hybridized carbons (Fsp3) is 0.750. The van der Waals surface area contributed by atoms with Gasteiger partial charge in [-0.05, 0) is 57.6 Å². The highest BCUT2D eigenvalue weighted by atomic mass is 16.3. The van der Waals surface area contributed by atoms with Gasteiger partial charge in [0.15, 0.2) is 0 Å². The van der Waals surface area contributed by atoms with Gasteiger partial charge in [0.1, 0.15) is 11.5 Å². The van der Waals surface area contributed by atoms with Crippen molar-refractivity contribution in [2.75, 3.05) is 7.05 Å². The molecule has 0 aromatic carbocycles. The van der Waals surface area contributed by atoms with Crippen molar-refractivity contribution >= 4 is 0 Å². The van der Waals surface area contributed by atoms with Crippen molar-refractivity contribution in [3.8, 4) is 0 Å². The Hall–Kier alpha value is -0.760. The summed E-state index contributed by atoms with van der Waals surface area (Å²) in [5.74, 6) is 4.58. The van der Waals surface area contributed by atoms with E-state index >= 15 is 0 Å². The van der Waals surface area contributed by atoms with E-state index in [0.29, 0.717) is 6.04 Å². The van der Waals surface area contributed by atoms with Gasteiger partial charge in [-0.25, -0.2) is 0 Å². The molecule has 2 heteroatoms. The average molecular weight is 249 g/mol. The number of aryl methyl sites for hydroxylation is 2. The molecule has 0 amide bonds. The van der Waals surface area contributed by atoms with E-state index in [1.165, 1.54) is 24.8 Å². The summed E-state index contributed by atoms with van der Waals surface area (Å²) in [4.78, 5) is 0. The zero-order valence-electron chi connectivity index (χ0n) is 12.4. The molecular weight excluding hydrogens is 222 g/mol. The lowest BCUT2D eigenvalue weighted by molar-refractivity contribution is 0.174. The highest BCUT2D eigenvalue weighted by Crippen LogP contribution is 2.40. The van der Waals surface area contributed by atoms with Gasteiger partial charge in [-0.1, -0.05) is 20.3 Å². The summed E-state index contributed by atoms with van der Waals surface area (Å²) in [7, 11) is 2.08. The van der Waals surface area contributed by atoms with Crippen LogP contribution in [0.25, 0.3) is 0 Å². The van der Waals surface area contributed by atoms with Crippen molar-refractivity contribution in [1.29, 1.82) is 0 Å². The van der Waals surface area contributed by atoms with Crippen LogP contribution in [0, 0.1) is 31.6 Å². The van der Waals surface area contributed by atoms with Gasteiger partial charge in [0.05, 0.1) is 0 Å². The number of nitrogens with one attached hydrogen (secondary N) is 1. The minimum absolute atomic E-state index is 0.456. The lowest BCUT2D eigenvalue weighted by Crippen LogP contribution is -2.31. The van der Waals surface area contributed by atoms with Gasteiger partial charge < -0.3 is 9.73 Å². The van der Waals surface area contributed by atoms with E-state index in [2.05, 4.69) is 39.2 Å². The van der Waals surface area contributed by atoms with Crippen LogP contribution in [-0.2, 0) is 0 Å². The number of furan rings is 1. The zero-order valence-corrected chi connectivity index (χ0v) is 12.4. The van der Waals surface area contributed by atoms with Crippen molar-refractivity contribution < 1.29 is 4.42 Å². The molecule has 1 aliphatic rings. The predicted octanol–water partition coefficient (Wildman–Crippen LogP) is 4.23. The number of rotatable bonds is 3. The standard InChI is InChI=1S/C16H27NO/c1-10-6-7-14(8-11(10)2)16(17-5)15-9-12(3)18-13(15)4/h9-11,14,16-17H,6-8H2,1-5H3. The molecule has 0 saturated heterocycles. The lowest BCUT2D eigenvalue weighted by atomic mass is 9.72. The van der Waals surface area contributed by atoms with Gasteiger partial charge in [0.25, 0.3) is 0 Å². The first-order chi connectivity index (χ1) is 8.52. The fourth-order valence-electron chi connectivity index (χ4n) is 3.50. The summed E-state index contributed by atoms with van der Waals surface area (Å²) in [6.07, 6.45) is 4.02. The van der Waals surface area contributed by atoms with E-state index in [1.54, 1.807) is 0 Å². The third-order valence-electron chi connectivity index (χ3n) is 4.84. The molecule has 1 saturated carbocycles. The maximum atomic E-state index is 5.70. The van der Waals surface area contributed by atoms with Crippen LogP contribution in [0.1, 0.15) is 56.2 Å². The summed E-state index contributed by atoms with van der Waals surface area (Å²) < 4.78 is 5.70. The molecule has 4 unspecified atom stereocenters. The summed E-state index contributed by atoms with van der Waals surface area (Å²) >= 11 is 0. The zero-order chi connectivity index (χ0) is 13.3. The molecule has 1 fully saturated rings. The second-order valence-corrected chi connectivity index (χ2v) is 6.16. The Morgan fingerprint density at radius 3 is 2.44 bits per heavy atom. The molecule has 1 N–H and O–H groups in total. The molecule has 1 aromatic heterocycles. The van der Waals surface area contributed by atoms with Gasteiger partial charge >= 0.3 is 0 Å². The fourth-order valence-corrected chi connectivity index (χ4v) is 3.50. The van der Waals surface area contributed by atoms with E-state index in [9.17, 15) is 0 Å². The number of hydrogen-bond donors (Lipinski definition) is 1. The Morgan fingerprint density at radius 1 is 1.22 bits per heavy atom. The van der Waals surface area contributed by atoms with E-state index in [4.69, 9.17) is 4.42 Å². The van der Waals surface area contributed by atoms with E-state index in [1.807, 2.05) is 6.92 Å². The molecule has 4 atom stereocenters. The van der Waals surface area contributed by atoms with Crippen molar-refractivity contribution in [2.24, 2.45) is 17.8 Å². The minimum atomic E-state index is 0.456. The molecule has 18 heavy (non-hydrogen) atoms. The maximum Gasteiger partial charge on any atom is 0.105 e. The second-order valence-electron chi connectivity index (χ2n) is 6.16. The molecule has 2 rings (SSSR count). The van der Waals surface area contributed by atoms with Crippen LogP contribution in [0.15, 0.2) is 10.5 Å². The van der Waals surface area contributed by atoms with Gasteiger partial charge in [-0.3, -0.25) is 0 Å². The smallest absolute Gasteiger partial charge is 0.105 e. The second kappa shape index (κ2) is 5.48. The summed E-state index contributed by atoms with van der Waals surface area (Å²) in [5.41, 5.74) is 1.36. The third kappa shape index (κ3) is 2.64. The molecule has 2 nitrogen and oxygen atoms in total. The van der Waals surface area contributed by atoms with Crippen LogP contribution in [0.4, 0.5) is 0 Å². The third-order valence-corrected chi connectivity index (χ3v) is 4.84. The van der Waals surface area contributed by atoms with Crippen molar-refractivity contribution in [2.45, 2.75) is 53.0 Å². The van der Waals surface area contributed by atoms with E-state index in [-0.39, 0.29) is 0 Å². The topological polar surface area (TPSA) is 25.2 Å². The highest BCUT2D eigenvalue weighted by Gasteiger charge is 2.31. The van der Waals surface area contributed by atoms with E-state index in [0.717, 1.165) is 29.3 Å². The SMILES string of the molecule is CNC(c1cc(C)oc1C)C1CCC(C)C(C)C1. The predicted molar refractivity (Wildman–Crippen MR) is 75.7 cm³/mol. The van der Waals surface area contributed by atoms with Crippen LogP contribution in [0.3, 0.4) is 0 Å². The molecule has 1 aromatic rings. The summed E-state index contributed by atoms with van der Waals surface area (Å²) in [5, 5.41) is 3.52. The molecular formula is C16H27NO. The maximum absolute atomic E-state index is 5.70. The number of hydrogen-bond acceptors (Lipinski definition) is 2. The first-order valence-electron chi connectivity index (χ1n) is 7.27. The van der Waals surface area contributed by atoms with Gasteiger partial charge in [0, 0.05) is 11.6 Å². The van der Waals surface area contributed by atoms with Gasteiger partial charge in [-0.2, -0.15) is 0 Å². The Labute approximate surface area is 111 Å². The van der Waals surface area contributed by atoms with Crippen LogP contribution in [0.2, 0.25) is 0 Å². The van der Waals surface area contributed by atoms with Crippen LogP contribution >= 0.6 is 0 Å². The first-order valence-corrected chi connectivity index (χ1v) is 7.27. The Kier molecular flexibility index (Phi) is 4.16. The Balaban J connectivity index is 2.16. The van der Waals surface area contributed by atoms with E-state index < -0.39 is 0 Å². The van der Waals surface area contributed by atoms with Gasteiger partial charge in [0.2, 0.25) is 0 Å². The van der Waals surface area contributed by atoms with Crippen molar-refractivity contribution in [1.82, 2.24) is 5.32 Å². The quantitative estimate of drug-likeness (QED) is 0.867. The van der Waals surface area contributed by atoms with Crippen LogP contribution in [0.5, 0.6) is 0 Å². The molecule has 1 heterocycles. The molecule has 0 aliphatic heterocycles. The first kappa shape index (κ1) is 13.7. The normalized spacial score (nSPS) is 30.4. The molecule has 102 valence electrons. The largest absolute Gasteiger partial charge is 0.466 e. The van der Waals surface area contributed by atoms with Crippen molar-refractivity contribution in [3.05, 3.63) is 23.2 Å². The van der Waals surface area contributed by atoms with Gasteiger partial charge in [-0.15, -0.1) is 0 Å². The average Bonchev–Trinajstić information content (AvgIpc) is 2.64. The summed E-state index contributed by atoms with van der Waals surface area (Å²) in [6.45, 7) is 8.91. The van der Waals surface area contributed by atoms with Crippen LogP contribution < -0.4 is 5.32 Å². The Morgan fingerprint density at radius 2 is 1.94 bits per heavy atom. The Bertz CT molecular complexity index is 396. The molecule has 1 aliphatic carbocycles. The highest BCUT2D eigenvalue weighted by molar-refractivity contribution is 5.25. The lowest BCUT2D eigenvalue weighted by Gasteiger charge is -2.36. The molecule has 0 bridgehead atoms. The summed E-state index contributed by atoms with van der Waals surface area (Å²) in [6, 6.07) is 2.66. The molecule has 0 radical (unpaired) electrons. The molecule has 0 spiro atoms.